The Labute approximate surface area is 126 Å². The molecule has 114 valence electrons. The Bertz CT molecular complexity index is 365. The molecule has 2 amide bonds. The SMILES string of the molecule is CCCCOC(=O)[C@H]1CSSC[C@H](NC(C)=O)C(=O)N1. The molecule has 2 N–H and O–H groups in total. The number of hydrogen-bond donors (Lipinski definition) is 2. The van der Waals surface area contributed by atoms with Crippen LogP contribution in [0.25, 0.3) is 0 Å². The van der Waals surface area contributed by atoms with Crippen molar-refractivity contribution in [3.05, 3.63) is 0 Å². The predicted molar refractivity (Wildman–Crippen MR) is 80.3 cm³/mol. The smallest absolute Gasteiger partial charge is 0.329 e. The maximum atomic E-state index is 12.0. The third kappa shape index (κ3) is 6.04. The molecule has 1 aliphatic rings. The van der Waals surface area contributed by atoms with Crippen molar-refractivity contribution in [3.63, 3.8) is 0 Å². The van der Waals surface area contributed by atoms with Crippen molar-refractivity contribution in [3.8, 4) is 0 Å². The molecule has 0 spiro atoms. The number of amides is 2. The predicted octanol–water partition coefficient (Wildman–Crippen LogP) is 0.714. The van der Waals surface area contributed by atoms with Crippen LogP contribution >= 0.6 is 21.6 Å². The molecule has 0 aromatic rings. The summed E-state index contributed by atoms with van der Waals surface area (Å²) in [5, 5.41) is 5.21. The number of rotatable bonds is 5. The van der Waals surface area contributed by atoms with Crippen LogP contribution in [0.3, 0.4) is 0 Å². The Balaban J connectivity index is 2.54. The normalized spacial score (nSPS) is 23.2. The minimum Gasteiger partial charge on any atom is -0.464 e. The molecule has 0 radical (unpaired) electrons. The molecular weight excluding hydrogens is 300 g/mol. The summed E-state index contributed by atoms with van der Waals surface area (Å²) in [5.41, 5.74) is 0. The largest absolute Gasteiger partial charge is 0.464 e. The Hall–Kier alpha value is -0.890. The number of carbonyl (C=O) groups is 3. The maximum Gasteiger partial charge on any atom is 0.329 e. The average Bonchev–Trinajstić information content (AvgIpc) is 2.38. The van der Waals surface area contributed by atoms with Gasteiger partial charge in [-0.2, -0.15) is 0 Å². The van der Waals surface area contributed by atoms with Crippen LogP contribution in [-0.4, -0.2) is 48.0 Å². The molecule has 1 aliphatic heterocycles. The molecule has 1 heterocycles. The fraction of sp³-hybridized carbons (Fsp3) is 0.750. The highest BCUT2D eigenvalue weighted by Crippen LogP contribution is 2.25. The van der Waals surface area contributed by atoms with Crippen LogP contribution in [-0.2, 0) is 19.1 Å². The van der Waals surface area contributed by atoms with Crippen LogP contribution < -0.4 is 10.6 Å². The second-order valence-electron chi connectivity index (χ2n) is 4.40. The van der Waals surface area contributed by atoms with E-state index in [1.807, 2.05) is 6.92 Å². The quantitative estimate of drug-likeness (QED) is 0.441. The number of esters is 1. The number of hydrogen-bond acceptors (Lipinski definition) is 6. The van der Waals surface area contributed by atoms with Gasteiger partial charge in [0.05, 0.1) is 6.61 Å². The van der Waals surface area contributed by atoms with Gasteiger partial charge in [-0.15, -0.1) is 0 Å². The fourth-order valence-electron chi connectivity index (χ4n) is 1.52. The molecule has 8 heteroatoms. The van der Waals surface area contributed by atoms with E-state index in [0.717, 1.165) is 12.8 Å². The molecule has 1 fully saturated rings. The first-order valence-corrected chi connectivity index (χ1v) is 9.02. The van der Waals surface area contributed by atoms with E-state index in [2.05, 4.69) is 10.6 Å². The van der Waals surface area contributed by atoms with Gasteiger partial charge in [0.25, 0.3) is 0 Å². The molecule has 0 aliphatic carbocycles. The summed E-state index contributed by atoms with van der Waals surface area (Å²) in [6.07, 6.45) is 1.75. The van der Waals surface area contributed by atoms with Crippen molar-refractivity contribution in [2.45, 2.75) is 38.8 Å². The Morgan fingerprint density at radius 2 is 2.10 bits per heavy atom. The zero-order valence-corrected chi connectivity index (χ0v) is 13.3. The van der Waals surface area contributed by atoms with E-state index in [1.165, 1.54) is 28.5 Å². The number of carbonyl (C=O) groups excluding carboxylic acids is 3. The third-order valence-electron chi connectivity index (χ3n) is 2.59. The first-order chi connectivity index (χ1) is 9.54. The Morgan fingerprint density at radius 3 is 2.75 bits per heavy atom. The number of nitrogens with one attached hydrogen (secondary N) is 2. The highest BCUT2D eigenvalue weighted by molar-refractivity contribution is 8.76. The van der Waals surface area contributed by atoms with Gasteiger partial charge in [-0.3, -0.25) is 9.59 Å². The van der Waals surface area contributed by atoms with Crippen LogP contribution in [0.1, 0.15) is 26.7 Å². The minimum atomic E-state index is -0.659. The molecule has 1 saturated heterocycles. The zero-order chi connectivity index (χ0) is 15.0. The molecule has 0 aromatic carbocycles. The molecule has 0 unspecified atom stereocenters. The van der Waals surface area contributed by atoms with E-state index in [4.69, 9.17) is 4.74 Å². The molecule has 0 saturated carbocycles. The lowest BCUT2D eigenvalue weighted by Gasteiger charge is -2.24. The standard InChI is InChI=1S/C12H20N2O4S2/c1-3-4-5-18-12(17)10-7-20-19-6-9(11(16)14-10)13-8(2)15/h9-10H,3-7H2,1-2H3,(H,13,15)(H,14,16)/t9-,10+/m0/s1. The van der Waals surface area contributed by atoms with Gasteiger partial charge >= 0.3 is 5.97 Å². The van der Waals surface area contributed by atoms with E-state index in [9.17, 15) is 14.4 Å². The summed E-state index contributed by atoms with van der Waals surface area (Å²) in [5.74, 6) is -0.0748. The molecule has 0 aromatic heterocycles. The van der Waals surface area contributed by atoms with Gasteiger partial charge in [0.1, 0.15) is 12.1 Å². The van der Waals surface area contributed by atoms with Crippen molar-refractivity contribution in [1.29, 1.82) is 0 Å². The first kappa shape index (κ1) is 17.2. The lowest BCUT2D eigenvalue weighted by atomic mass is 10.2. The summed E-state index contributed by atoms with van der Waals surface area (Å²) in [6.45, 7) is 3.74. The van der Waals surface area contributed by atoms with Crippen molar-refractivity contribution >= 4 is 39.4 Å². The number of unbranched alkanes of at least 4 members (excludes halogenated alkanes) is 1. The lowest BCUT2D eigenvalue weighted by molar-refractivity contribution is -0.147. The first-order valence-electron chi connectivity index (χ1n) is 6.53. The fourth-order valence-corrected chi connectivity index (χ4v) is 3.83. The van der Waals surface area contributed by atoms with Crippen molar-refractivity contribution < 1.29 is 19.1 Å². The lowest BCUT2D eigenvalue weighted by Crippen LogP contribution is -2.54. The summed E-state index contributed by atoms with van der Waals surface area (Å²) in [4.78, 5) is 34.9. The molecule has 1 rings (SSSR count). The van der Waals surface area contributed by atoms with Gasteiger partial charge in [0.2, 0.25) is 11.8 Å². The maximum absolute atomic E-state index is 12.0. The van der Waals surface area contributed by atoms with Gasteiger partial charge < -0.3 is 15.4 Å². The van der Waals surface area contributed by atoms with Crippen LogP contribution in [0.5, 0.6) is 0 Å². The Morgan fingerprint density at radius 1 is 1.40 bits per heavy atom. The molecular formula is C12H20N2O4S2. The molecule has 2 atom stereocenters. The van der Waals surface area contributed by atoms with Crippen LogP contribution in [0.15, 0.2) is 0 Å². The van der Waals surface area contributed by atoms with Gasteiger partial charge in [-0.05, 0) is 6.42 Å². The van der Waals surface area contributed by atoms with Crippen molar-refractivity contribution in [2.24, 2.45) is 0 Å². The molecule has 20 heavy (non-hydrogen) atoms. The summed E-state index contributed by atoms with van der Waals surface area (Å²) in [6, 6.07) is -1.27. The second kappa shape index (κ2) is 9.12. The monoisotopic (exact) mass is 320 g/mol. The van der Waals surface area contributed by atoms with E-state index < -0.39 is 18.1 Å². The highest BCUT2D eigenvalue weighted by atomic mass is 33.1. The van der Waals surface area contributed by atoms with Gasteiger partial charge in [-0.1, -0.05) is 34.9 Å². The van der Waals surface area contributed by atoms with E-state index in [0.29, 0.717) is 18.1 Å². The van der Waals surface area contributed by atoms with Gasteiger partial charge in [-0.25, -0.2) is 4.79 Å². The third-order valence-corrected chi connectivity index (χ3v) is 5.01. The molecule has 0 bridgehead atoms. The van der Waals surface area contributed by atoms with Gasteiger partial charge in [0, 0.05) is 18.4 Å². The van der Waals surface area contributed by atoms with Crippen molar-refractivity contribution in [2.75, 3.05) is 18.1 Å². The minimum absolute atomic E-state index is 0.265. The second-order valence-corrected chi connectivity index (χ2v) is 6.96. The van der Waals surface area contributed by atoms with Crippen LogP contribution in [0.4, 0.5) is 0 Å². The van der Waals surface area contributed by atoms with Gasteiger partial charge in [0.15, 0.2) is 0 Å². The van der Waals surface area contributed by atoms with E-state index in [1.54, 1.807) is 0 Å². The summed E-state index contributed by atoms with van der Waals surface area (Å²) >= 11 is 0. The Kier molecular flexibility index (Phi) is 7.83. The molecule has 6 nitrogen and oxygen atoms in total. The summed E-state index contributed by atoms with van der Waals surface area (Å²) in [7, 11) is 2.95. The number of ether oxygens (including phenoxy) is 1. The van der Waals surface area contributed by atoms with E-state index in [-0.39, 0.29) is 11.8 Å². The van der Waals surface area contributed by atoms with Crippen LogP contribution in [0, 0.1) is 0 Å². The topological polar surface area (TPSA) is 84.5 Å². The highest BCUT2D eigenvalue weighted by Gasteiger charge is 2.29. The average molecular weight is 320 g/mol. The van der Waals surface area contributed by atoms with Crippen LogP contribution in [0.2, 0.25) is 0 Å². The van der Waals surface area contributed by atoms with Crippen molar-refractivity contribution in [1.82, 2.24) is 10.6 Å². The summed E-state index contributed by atoms with van der Waals surface area (Å²) < 4.78 is 5.12. The zero-order valence-electron chi connectivity index (χ0n) is 11.6. The van der Waals surface area contributed by atoms with E-state index >= 15 is 0 Å².